The summed E-state index contributed by atoms with van der Waals surface area (Å²) in [5.74, 6) is -0.101. The summed E-state index contributed by atoms with van der Waals surface area (Å²) in [5.41, 5.74) is 1.05. The van der Waals surface area contributed by atoms with E-state index in [0.717, 1.165) is 6.26 Å². The standard InChI is InChI=1S/C20H26N4O6S/c1-12(2)21-20(26)30-14-9-16(29-11-14)15-10-18(24-23-15)22-19(25)8-13-6-4-5-7-17(13)31(3,27)28/h4-7,10,12,14,16H,8-9,11H2,1-3H3,(H,21,26)(H2,22,23,24,25)/t14-,16-/m0/s1. The van der Waals surface area contributed by atoms with E-state index in [1.165, 1.54) is 6.07 Å². The van der Waals surface area contributed by atoms with Gasteiger partial charge in [-0.15, -0.1) is 0 Å². The fourth-order valence-electron chi connectivity index (χ4n) is 3.26. The molecule has 11 heteroatoms. The van der Waals surface area contributed by atoms with E-state index in [9.17, 15) is 18.0 Å². The Hall–Kier alpha value is -2.92. The third kappa shape index (κ3) is 6.28. The number of sulfone groups is 1. The molecule has 1 aromatic heterocycles. The van der Waals surface area contributed by atoms with E-state index < -0.39 is 21.8 Å². The normalized spacial score (nSPS) is 18.7. The summed E-state index contributed by atoms with van der Waals surface area (Å²) < 4.78 is 34.8. The SMILES string of the molecule is CC(C)NC(=O)O[C@@H]1CO[C@H](c2cc(NC(=O)Cc3ccccc3S(C)(=O)=O)n[nH]2)C1. The Balaban J connectivity index is 1.56. The molecule has 3 rings (SSSR count). The first kappa shape index (κ1) is 22.8. The van der Waals surface area contributed by atoms with Crippen molar-refractivity contribution >= 4 is 27.7 Å². The van der Waals surface area contributed by atoms with Gasteiger partial charge in [-0.1, -0.05) is 18.2 Å². The van der Waals surface area contributed by atoms with Gasteiger partial charge in [-0.25, -0.2) is 13.2 Å². The number of nitrogens with zero attached hydrogens (tertiary/aromatic N) is 1. The van der Waals surface area contributed by atoms with E-state index in [-0.39, 0.29) is 36.2 Å². The van der Waals surface area contributed by atoms with Crippen LogP contribution in [0.2, 0.25) is 0 Å². The minimum atomic E-state index is -3.44. The number of carbonyl (C=O) groups is 2. The van der Waals surface area contributed by atoms with Crippen LogP contribution in [-0.2, 0) is 30.5 Å². The van der Waals surface area contributed by atoms with Crippen LogP contribution < -0.4 is 10.6 Å². The number of rotatable bonds is 7. The molecule has 168 valence electrons. The Morgan fingerprint density at radius 3 is 2.77 bits per heavy atom. The van der Waals surface area contributed by atoms with Crippen molar-refractivity contribution in [3.05, 3.63) is 41.6 Å². The minimum Gasteiger partial charge on any atom is -0.444 e. The van der Waals surface area contributed by atoms with Crippen LogP contribution in [0.15, 0.2) is 35.2 Å². The first-order chi connectivity index (χ1) is 14.6. The van der Waals surface area contributed by atoms with Gasteiger partial charge in [0.1, 0.15) is 12.2 Å². The Kier molecular flexibility index (Phi) is 6.96. The van der Waals surface area contributed by atoms with Crippen molar-refractivity contribution in [1.29, 1.82) is 0 Å². The van der Waals surface area contributed by atoms with Crippen molar-refractivity contribution in [2.45, 2.75) is 49.8 Å². The van der Waals surface area contributed by atoms with Crippen molar-refractivity contribution in [2.24, 2.45) is 0 Å². The summed E-state index contributed by atoms with van der Waals surface area (Å²) in [5, 5.41) is 12.2. The molecule has 0 radical (unpaired) electrons. The quantitative estimate of drug-likeness (QED) is 0.586. The number of benzene rings is 1. The molecule has 1 aliphatic heterocycles. The zero-order chi connectivity index (χ0) is 22.6. The van der Waals surface area contributed by atoms with Gasteiger partial charge in [0.15, 0.2) is 15.7 Å². The second kappa shape index (κ2) is 9.48. The van der Waals surface area contributed by atoms with Gasteiger partial charge in [0, 0.05) is 24.8 Å². The highest BCUT2D eigenvalue weighted by Crippen LogP contribution is 2.30. The summed E-state index contributed by atoms with van der Waals surface area (Å²) in [6.07, 6.45) is 0.249. The first-order valence-corrected chi connectivity index (χ1v) is 11.7. The van der Waals surface area contributed by atoms with Crippen molar-refractivity contribution in [3.8, 4) is 0 Å². The Bertz CT molecular complexity index is 1050. The highest BCUT2D eigenvalue weighted by molar-refractivity contribution is 7.90. The predicted molar refractivity (Wildman–Crippen MR) is 112 cm³/mol. The monoisotopic (exact) mass is 450 g/mol. The number of hydrogen-bond donors (Lipinski definition) is 3. The molecule has 0 unspecified atom stereocenters. The number of alkyl carbamates (subject to hydrolysis) is 1. The molecule has 10 nitrogen and oxygen atoms in total. The lowest BCUT2D eigenvalue weighted by Gasteiger charge is -2.13. The Labute approximate surface area is 180 Å². The van der Waals surface area contributed by atoms with Crippen molar-refractivity contribution in [1.82, 2.24) is 15.5 Å². The van der Waals surface area contributed by atoms with E-state index in [1.54, 1.807) is 24.3 Å². The summed E-state index contributed by atoms with van der Waals surface area (Å²) in [6.45, 7) is 3.95. The topological polar surface area (TPSA) is 139 Å². The second-order valence-electron chi connectivity index (χ2n) is 7.70. The van der Waals surface area contributed by atoms with E-state index in [1.807, 2.05) is 13.8 Å². The number of ether oxygens (including phenoxy) is 2. The van der Waals surface area contributed by atoms with Gasteiger partial charge in [0.2, 0.25) is 5.91 Å². The highest BCUT2D eigenvalue weighted by atomic mass is 32.2. The zero-order valence-electron chi connectivity index (χ0n) is 17.5. The molecule has 0 bridgehead atoms. The molecule has 1 fully saturated rings. The maximum absolute atomic E-state index is 12.4. The zero-order valence-corrected chi connectivity index (χ0v) is 18.4. The van der Waals surface area contributed by atoms with Crippen LogP contribution in [0.5, 0.6) is 0 Å². The molecular formula is C20H26N4O6S. The number of hydrogen-bond acceptors (Lipinski definition) is 7. The fourth-order valence-corrected chi connectivity index (χ4v) is 4.20. The molecule has 0 saturated carbocycles. The molecule has 2 amide bonds. The molecule has 0 spiro atoms. The number of aromatic nitrogens is 2. The summed E-state index contributed by atoms with van der Waals surface area (Å²) >= 11 is 0. The summed E-state index contributed by atoms with van der Waals surface area (Å²) in [6, 6.07) is 8.00. The lowest BCUT2D eigenvalue weighted by molar-refractivity contribution is -0.115. The predicted octanol–water partition coefficient (Wildman–Crippen LogP) is 1.96. The Morgan fingerprint density at radius 1 is 1.32 bits per heavy atom. The number of carbonyl (C=O) groups excluding carboxylic acids is 2. The average molecular weight is 451 g/mol. The second-order valence-corrected chi connectivity index (χ2v) is 9.68. The summed E-state index contributed by atoms with van der Waals surface area (Å²) in [7, 11) is -3.44. The maximum atomic E-state index is 12.4. The van der Waals surface area contributed by atoms with Crippen LogP contribution in [0.4, 0.5) is 10.6 Å². The van der Waals surface area contributed by atoms with Crippen molar-refractivity contribution in [3.63, 3.8) is 0 Å². The highest BCUT2D eigenvalue weighted by Gasteiger charge is 2.31. The molecule has 2 aromatic rings. The van der Waals surface area contributed by atoms with Gasteiger partial charge >= 0.3 is 6.09 Å². The van der Waals surface area contributed by atoms with Crippen LogP contribution in [0.25, 0.3) is 0 Å². The number of anilines is 1. The van der Waals surface area contributed by atoms with Crippen LogP contribution in [0.1, 0.15) is 37.6 Å². The van der Waals surface area contributed by atoms with E-state index in [2.05, 4.69) is 20.8 Å². The number of amides is 2. The molecule has 1 aliphatic rings. The Morgan fingerprint density at radius 2 is 2.06 bits per heavy atom. The lowest BCUT2D eigenvalue weighted by Crippen LogP contribution is -2.33. The molecular weight excluding hydrogens is 424 g/mol. The van der Waals surface area contributed by atoms with Crippen molar-refractivity contribution in [2.75, 3.05) is 18.2 Å². The van der Waals surface area contributed by atoms with E-state index >= 15 is 0 Å². The average Bonchev–Trinajstić information content (AvgIpc) is 3.30. The minimum absolute atomic E-state index is 0.0196. The first-order valence-electron chi connectivity index (χ1n) is 9.83. The van der Waals surface area contributed by atoms with Gasteiger partial charge in [0.25, 0.3) is 0 Å². The molecule has 2 atom stereocenters. The van der Waals surface area contributed by atoms with Crippen molar-refractivity contribution < 1.29 is 27.5 Å². The largest absolute Gasteiger partial charge is 0.444 e. The number of aromatic amines is 1. The van der Waals surface area contributed by atoms with Crippen LogP contribution >= 0.6 is 0 Å². The molecule has 31 heavy (non-hydrogen) atoms. The fraction of sp³-hybridized carbons (Fsp3) is 0.450. The molecule has 1 aromatic carbocycles. The maximum Gasteiger partial charge on any atom is 0.407 e. The molecule has 0 aliphatic carbocycles. The van der Waals surface area contributed by atoms with Gasteiger partial charge < -0.3 is 20.1 Å². The van der Waals surface area contributed by atoms with E-state index in [4.69, 9.17) is 9.47 Å². The molecule has 1 saturated heterocycles. The number of nitrogens with one attached hydrogen (secondary N) is 3. The van der Waals surface area contributed by atoms with Gasteiger partial charge in [-0.05, 0) is 25.5 Å². The lowest BCUT2D eigenvalue weighted by atomic mass is 10.1. The summed E-state index contributed by atoms with van der Waals surface area (Å²) in [4.78, 5) is 24.2. The van der Waals surface area contributed by atoms with Gasteiger partial charge in [-0.2, -0.15) is 5.10 Å². The van der Waals surface area contributed by atoms with Gasteiger partial charge in [0.05, 0.1) is 23.6 Å². The number of H-pyrrole nitrogens is 1. The van der Waals surface area contributed by atoms with Gasteiger partial charge in [-0.3, -0.25) is 9.89 Å². The third-order valence-electron chi connectivity index (χ3n) is 4.58. The van der Waals surface area contributed by atoms with Crippen LogP contribution in [0, 0.1) is 0 Å². The third-order valence-corrected chi connectivity index (χ3v) is 5.77. The van der Waals surface area contributed by atoms with Crippen LogP contribution in [-0.4, -0.2) is 55.6 Å². The smallest absolute Gasteiger partial charge is 0.407 e. The van der Waals surface area contributed by atoms with Crippen LogP contribution in [0.3, 0.4) is 0 Å². The van der Waals surface area contributed by atoms with E-state index in [0.29, 0.717) is 23.5 Å². The molecule has 3 N–H and O–H groups in total. The molecule has 2 heterocycles.